The molecule has 2 nitrogen and oxygen atoms in total. The van der Waals surface area contributed by atoms with Crippen LogP contribution in [0.5, 0.6) is 0 Å². The predicted octanol–water partition coefficient (Wildman–Crippen LogP) is 4.02. The summed E-state index contributed by atoms with van der Waals surface area (Å²) in [5.74, 6) is 0. The van der Waals surface area contributed by atoms with Crippen LogP contribution in [0.2, 0.25) is 0 Å². The smallest absolute Gasteiger partial charge is 0.0616 e. The molecule has 0 atom stereocenters. The summed E-state index contributed by atoms with van der Waals surface area (Å²) in [4.78, 5) is 8.81. The summed E-state index contributed by atoms with van der Waals surface area (Å²) < 4.78 is 0. The Morgan fingerprint density at radius 3 is 1.53 bits per heavy atom. The van der Waals surface area contributed by atoms with Crippen LogP contribution in [0.1, 0.15) is 57.4 Å². The van der Waals surface area contributed by atoms with Gasteiger partial charge in [-0.25, -0.2) is 0 Å². The molecule has 0 fully saturated rings. The molecule has 15 heavy (non-hydrogen) atoms. The van der Waals surface area contributed by atoms with Gasteiger partial charge in [-0.1, -0.05) is 34.6 Å². The maximum atomic E-state index is 4.43. The van der Waals surface area contributed by atoms with Crippen molar-refractivity contribution in [2.24, 2.45) is 0 Å². The van der Waals surface area contributed by atoms with Crippen molar-refractivity contribution in [2.45, 2.75) is 61.8 Å². The van der Waals surface area contributed by atoms with E-state index in [-0.39, 0.29) is 0 Å². The van der Waals surface area contributed by atoms with Crippen molar-refractivity contribution in [3.8, 4) is 0 Å². The third-order valence-corrected chi connectivity index (χ3v) is 1.91. The second kappa shape index (κ2) is 9.63. The van der Waals surface area contributed by atoms with Crippen molar-refractivity contribution < 1.29 is 0 Å². The third kappa shape index (κ3) is 5.50. The van der Waals surface area contributed by atoms with Gasteiger partial charge in [0.2, 0.25) is 0 Å². The number of hydrogen-bond donors (Lipinski definition) is 0. The number of hydrogen-bond acceptors (Lipinski definition) is 2. The van der Waals surface area contributed by atoms with Gasteiger partial charge in [-0.2, -0.15) is 0 Å². The summed E-state index contributed by atoms with van der Waals surface area (Å²) in [6, 6.07) is 0. The van der Waals surface area contributed by atoms with Crippen LogP contribution in [0.3, 0.4) is 0 Å². The molecule has 0 aliphatic rings. The van der Waals surface area contributed by atoms with Gasteiger partial charge in [0.1, 0.15) is 0 Å². The molecular weight excluding hydrogens is 184 g/mol. The largest absolute Gasteiger partial charge is 0.255 e. The Hall–Kier alpha value is -0.920. The molecule has 0 amide bonds. The first-order chi connectivity index (χ1) is 7.15. The molecule has 0 radical (unpaired) electrons. The molecule has 88 valence electrons. The van der Waals surface area contributed by atoms with Crippen molar-refractivity contribution in [1.82, 2.24) is 9.97 Å². The summed E-state index contributed by atoms with van der Waals surface area (Å²) in [6.07, 6.45) is 0.972. The van der Waals surface area contributed by atoms with Gasteiger partial charge in [0, 0.05) is 0 Å². The van der Waals surface area contributed by atoms with Gasteiger partial charge >= 0.3 is 0 Å². The van der Waals surface area contributed by atoms with E-state index in [9.17, 15) is 0 Å². The van der Waals surface area contributed by atoms with Crippen LogP contribution in [0.15, 0.2) is 0 Å². The molecule has 0 saturated heterocycles. The minimum atomic E-state index is 0.972. The van der Waals surface area contributed by atoms with Crippen LogP contribution < -0.4 is 0 Å². The monoisotopic (exact) mass is 210 g/mol. The number of rotatable bonds is 1. The predicted molar refractivity (Wildman–Crippen MR) is 68.3 cm³/mol. The maximum Gasteiger partial charge on any atom is 0.0616 e. The molecule has 0 aliphatic carbocycles. The summed E-state index contributed by atoms with van der Waals surface area (Å²) in [5.41, 5.74) is 4.27. The minimum absolute atomic E-state index is 0.972. The zero-order valence-electron chi connectivity index (χ0n) is 11.6. The van der Waals surface area contributed by atoms with Crippen molar-refractivity contribution in [3.05, 3.63) is 22.8 Å². The average molecular weight is 210 g/mol. The fourth-order valence-corrected chi connectivity index (χ4v) is 1.10. The molecule has 0 N–H and O–H groups in total. The first-order valence-electron chi connectivity index (χ1n) is 5.96. The molecule has 0 aliphatic heterocycles. The molecule has 0 aromatic carbocycles. The van der Waals surface area contributed by atoms with Crippen LogP contribution in [-0.2, 0) is 6.42 Å². The Kier molecular flexibility index (Phi) is 10.6. The Balaban J connectivity index is 0. The highest BCUT2D eigenvalue weighted by Gasteiger charge is 2.01. The van der Waals surface area contributed by atoms with Gasteiger partial charge in [0.05, 0.1) is 22.8 Å². The van der Waals surface area contributed by atoms with E-state index in [4.69, 9.17) is 0 Å². The second-order valence-corrected chi connectivity index (χ2v) is 2.78. The Labute approximate surface area is 95.2 Å². The molecular formula is C13H26N2. The van der Waals surface area contributed by atoms with Gasteiger partial charge in [-0.15, -0.1) is 0 Å². The Morgan fingerprint density at radius 2 is 1.13 bits per heavy atom. The van der Waals surface area contributed by atoms with Gasteiger partial charge < -0.3 is 0 Å². The Bertz CT molecular complexity index is 267. The van der Waals surface area contributed by atoms with Crippen molar-refractivity contribution in [2.75, 3.05) is 0 Å². The summed E-state index contributed by atoms with van der Waals surface area (Å²) in [6.45, 7) is 16.1. The third-order valence-electron chi connectivity index (χ3n) is 1.91. The van der Waals surface area contributed by atoms with E-state index in [0.29, 0.717) is 0 Å². The molecule has 2 heteroatoms. The van der Waals surface area contributed by atoms with Gasteiger partial charge in [0.15, 0.2) is 0 Å². The lowest BCUT2D eigenvalue weighted by Gasteiger charge is -2.04. The zero-order valence-corrected chi connectivity index (χ0v) is 11.6. The number of aryl methyl sites for hydroxylation is 4. The van der Waals surface area contributed by atoms with Crippen LogP contribution in [0.4, 0.5) is 0 Å². The van der Waals surface area contributed by atoms with E-state index in [0.717, 1.165) is 29.2 Å². The molecule has 0 saturated carbocycles. The molecule has 1 aromatic heterocycles. The van der Waals surface area contributed by atoms with E-state index in [1.54, 1.807) is 0 Å². The van der Waals surface area contributed by atoms with Gasteiger partial charge in [-0.3, -0.25) is 9.97 Å². The first-order valence-corrected chi connectivity index (χ1v) is 5.96. The lowest BCUT2D eigenvalue weighted by atomic mass is 10.2. The average Bonchev–Trinajstić information content (AvgIpc) is 2.29. The van der Waals surface area contributed by atoms with Crippen molar-refractivity contribution in [3.63, 3.8) is 0 Å². The summed E-state index contributed by atoms with van der Waals surface area (Å²) >= 11 is 0. The summed E-state index contributed by atoms with van der Waals surface area (Å²) in [5, 5.41) is 0. The highest BCUT2D eigenvalue weighted by atomic mass is 14.8. The molecule has 0 bridgehead atoms. The van der Waals surface area contributed by atoms with E-state index in [1.165, 1.54) is 0 Å². The maximum absolute atomic E-state index is 4.43. The van der Waals surface area contributed by atoms with E-state index in [1.807, 2.05) is 48.5 Å². The minimum Gasteiger partial charge on any atom is -0.255 e. The van der Waals surface area contributed by atoms with Crippen molar-refractivity contribution >= 4 is 0 Å². The number of aromatic nitrogens is 2. The Morgan fingerprint density at radius 1 is 0.733 bits per heavy atom. The summed E-state index contributed by atoms with van der Waals surface area (Å²) in [7, 11) is 0. The SMILES string of the molecule is CC.CC.CCc1nc(C)c(C)nc1C. The van der Waals surface area contributed by atoms with E-state index in [2.05, 4.69) is 16.9 Å². The van der Waals surface area contributed by atoms with Crippen LogP contribution in [0.25, 0.3) is 0 Å². The van der Waals surface area contributed by atoms with Crippen LogP contribution in [-0.4, -0.2) is 9.97 Å². The lowest BCUT2D eigenvalue weighted by molar-refractivity contribution is 0.904. The molecule has 0 spiro atoms. The number of nitrogens with zero attached hydrogens (tertiary/aromatic N) is 2. The van der Waals surface area contributed by atoms with E-state index < -0.39 is 0 Å². The lowest BCUT2D eigenvalue weighted by Crippen LogP contribution is -2.00. The topological polar surface area (TPSA) is 25.8 Å². The molecule has 1 heterocycles. The second-order valence-electron chi connectivity index (χ2n) is 2.78. The van der Waals surface area contributed by atoms with Crippen LogP contribution in [0, 0.1) is 20.8 Å². The molecule has 1 rings (SSSR count). The standard InChI is InChI=1S/C9H14N2.2C2H6/c1-5-9-8(4)10-6(2)7(3)11-9;2*1-2/h5H2,1-4H3;2*1-2H3. The normalized spacial score (nSPS) is 8.27. The fourth-order valence-electron chi connectivity index (χ4n) is 1.10. The van der Waals surface area contributed by atoms with Crippen LogP contribution >= 0.6 is 0 Å². The first kappa shape index (κ1) is 16.5. The highest BCUT2D eigenvalue weighted by molar-refractivity contribution is 5.17. The molecule has 1 aromatic rings. The van der Waals surface area contributed by atoms with Crippen molar-refractivity contribution in [1.29, 1.82) is 0 Å². The quantitative estimate of drug-likeness (QED) is 0.699. The highest BCUT2D eigenvalue weighted by Crippen LogP contribution is 2.06. The fraction of sp³-hybridized carbons (Fsp3) is 0.692. The van der Waals surface area contributed by atoms with Gasteiger partial charge in [-0.05, 0) is 27.2 Å². The van der Waals surface area contributed by atoms with E-state index >= 15 is 0 Å². The zero-order chi connectivity index (χ0) is 12.4. The molecule has 0 unspecified atom stereocenters. The van der Waals surface area contributed by atoms with Gasteiger partial charge in [0.25, 0.3) is 0 Å².